The van der Waals surface area contributed by atoms with Crippen molar-refractivity contribution in [3.8, 4) is 5.75 Å². The van der Waals surface area contributed by atoms with Crippen molar-refractivity contribution in [2.45, 2.75) is 25.3 Å². The number of hydrogen-bond acceptors (Lipinski definition) is 5. The molecular formula is C21H25N3O4S. The summed E-state index contributed by atoms with van der Waals surface area (Å²) < 4.78 is 5.47. The normalized spacial score (nSPS) is 12.9. The maximum absolute atomic E-state index is 12.1. The molecule has 3 amide bonds. The molecule has 1 aliphatic carbocycles. The van der Waals surface area contributed by atoms with Gasteiger partial charge in [0.2, 0.25) is 5.91 Å². The van der Waals surface area contributed by atoms with Crippen molar-refractivity contribution >= 4 is 29.1 Å². The average molecular weight is 416 g/mol. The third-order valence-corrected chi connectivity index (χ3v) is 5.29. The summed E-state index contributed by atoms with van der Waals surface area (Å²) in [4.78, 5) is 37.8. The Balaban J connectivity index is 1.33. The third kappa shape index (κ3) is 6.90. The number of carbonyl (C=O) groups is 3. The molecule has 0 radical (unpaired) electrons. The zero-order valence-electron chi connectivity index (χ0n) is 16.3. The molecule has 0 unspecified atom stereocenters. The first-order valence-electron chi connectivity index (χ1n) is 9.58. The molecule has 3 rings (SSSR count). The second-order valence-electron chi connectivity index (χ2n) is 7.01. The van der Waals surface area contributed by atoms with Crippen LogP contribution in [-0.2, 0) is 16.0 Å². The summed E-state index contributed by atoms with van der Waals surface area (Å²) in [6.45, 7) is 0.514. The van der Waals surface area contributed by atoms with Gasteiger partial charge in [-0.05, 0) is 48.4 Å². The molecule has 0 atom stereocenters. The Bertz CT molecular complexity index is 832. The van der Waals surface area contributed by atoms with Gasteiger partial charge in [0.15, 0.2) is 6.61 Å². The standard InChI is InChI=1S/C21H25N3O4S/c1-24(21(27)18-3-2-12-29-18)13-19(25)22-11-10-15-4-8-17(9-5-15)28-14-20(26)23-16-6-7-16/h2-5,8-9,12,16H,6-7,10-11,13-14H2,1H3,(H,22,25)(H,23,26). The smallest absolute Gasteiger partial charge is 0.264 e. The lowest BCUT2D eigenvalue weighted by molar-refractivity contribution is -0.123. The Morgan fingerprint density at radius 3 is 2.55 bits per heavy atom. The van der Waals surface area contributed by atoms with Gasteiger partial charge in [-0.3, -0.25) is 14.4 Å². The molecule has 0 saturated heterocycles. The molecule has 0 bridgehead atoms. The predicted octanol–water partition coefficient (Wildman–Crippen LogP) is 1.84. The van der Waals surface area contributed by atoms with Crippen molar-refractivity contribution in [2.24, 2.45) is 0 Å². The van der Waals surface area contributed by atoms with Crippen LogP contribution in [-0.4, -0.2) is 55.4 Å². The van der Waals surface area contributed by atoms with Crippen LogP contribution in [0.5, 0.6) is 5.75 Å². The minimum Gasteiger partial charge on any atom is -0.484 e. The maximum atomic E-state index is 12.1. The number of ether oxygens (including phenoxy) is 1. The number of benzene rings is 1. The summed E-state index contributed by atoms with van der Waals surface area (Å²) in [5, 5.41) is 7.54. The number of likely N-dealkylation sites (N-methyl/N-ethyl adjacent to an activating group) is 1. The fourth-order valence-corrected chi connectivity index (χ4v) is 3.39. The molecule has 1 aromatic heterocycles. The van der Waals surface area contributed by atoms with E-state index in [1.165, 1.54) is 16.2 Å². The highest BCUT2D eigenvalue weighted by Crippen LogP contribution is 2.18. The van der Waals surface area contributed by atoms with Gasteiger partial charge in [0.1, 0.15) is 5.75 Å². The SMILES string of the molecule is CN(CC(=O)NCCc1ccc(OCC(=O)NC2CC2)cc1)C(=O)c1cccs1. The van der Waals surface area contributed by atoms with E-state index >= 15 is 0 Å². The molecule has 29 heavy (non-hydrogen) atoms. The zero-order valence-corrected chi connectivity index (χ0v) is 17.2. The highest BCUT2D eigenvalue weighted by Gasteiger charge is 2.23. The molecule has 0 aliphatic heterocycles. The molecule has 1 aromatic carbocycles. The first-order valence-corrected chi connectivity index (χ1v) is 10.5. The quantitative estimate of drug-likeness (QED) is 0.620. The second kappa shape index (κ2) is 10.1. The van der Waals surface area contributed by atoms with Gasteiger partial charge in [-0.25, -0.2) is 0 Å². The fraction of sp³-hybridized carbons (Fsp3) is 0.381. The lowest BCUT2D eigenvalue weighted by Crippen LogP contribution is -2.38. The molecule has 154 valence electrons. The van der Waals surface area contributed by atoms with Gasteiger partial charge < -0.3 is 20.3 Å². The fourth-order valence-electron chi connectivity index (χ4n) is 2.68. The Morgan fingerprint density at radius 1 is 1.14 bits per heavy atom. The summed E-state index contributed by atoms with van der Waals surface area (Å²) in [5.74, 6) is 0.190. The first-order chi connectivity index (χ1) is 14.0. The van der Waals surface area contributed by atoms with Gasteiger partial charge >= 0.3 is 0 Å². The topological polar surface area (TPSA) is 87.7 Å². The number of nitrogens with zero attached hydrogens (tertiary/aromatic N) is 1. The van der Waals surface area contributed by atoms with Gasteiger partial charge in [-0.1, -0.05) is 18.2 Å². The van der Waals surface area contributed by atoms with Crippen LogP contribution in [0.4, 0.5) is 0 Å². The van der Waals surface area contributed by atoms with Crippen LogP contribution < -0.4 is 15.4 Å². The van der Waals surface area contributed by atoms with Crippen LogP contribution in [0.25, 0.3) is 0 Å². The van der Waals surface area contributed by atoms with Crippen LogP contribution in [0.15, 0.2) is 41.8 Å². The number of rotatable bonds is 10. The number of carbonyl (C=O) groups excluding carboxylic acids is 3. The second-order valence-corrected chi connectivity index (χ2v) is 7.96. The highest BCUT2D eigenvalue weighted by atomic mass is 32.1. The molecule has 1 fully saturated rings. The van der Waals surface area contributed by atoms with E-state index in [-0.39, 0.29) is 30.9 Å². The molecule has 7 nitrogen and oxygen atoms in total. The Kier molecular flexibility index (Phi) is 7.24. The van der Waals surface area contributed by atoms with E-state index in [1.54, 1.807) is 13.1 Å². The van der Waals surface area contributed by atoms with E-state index in [4.69, 9.17) is 4.74 Å². The van der Waals surface area contributed by atoms with E-state index in [0.717, 1.165) is 18.4 Å². The predicted molar refractivity (Wildman–Crippen MR) is 111 cm³/mol. The largest absolute Gasteiger partial charge is 0.484 e. The average Bonchev–Trinajstić information content (AvgIpc) is 3.35. The summed E-state index contributed by atoms with van der Waals surface area (Å²) in [6.07, 6.45) is 2.77. The summed E-state index contributed by atoms with van der Waals surface area (Å²) in [5.41, 5.74) is 1.04. The van der Waals surface area contributed by atoms with Crippen LogP contribution in [0, 0.1) is 0 Å². The molecule has 2 N–H and O–H groups in total. The lowest BCUT2D eigenvalue weighted by atomic mass is 10.1. The minimum absolute atomic E-state index is 0.0175. The van der Waals surface area contributed by atoms with Crippen molar-refractivity contribution < 1.29 is 19.1 Å². The highest BCUT2D eigenvalue weighted by molar-refractivity contribution is 7.12. The molecule has 1 heterocycles. The van der Waals surface area contributed by atoms with E-state index in [9.17, 15) is 14.4 Å². The minimum atomic E-state index is -0.195. The van der Waals surface area contributed by atoms with Gasteiger partial charge in [-0.2, -0.15) is 0 Å². The molecular weight excluding hydrogens is 390 g/mol. The number of nitrogens with one attached hydrogen (secondary N) is 2. The first kappa shape index (κ1) is 20.9. The maximum Gasteiger partial charge on any atom is 0.264 e. The van der Waals surface area contributed by atoms with Crippen LogP contribution >= 0.6 is 11.3 Å². The Morgan fingerprint density at radius 2 is 1.90 bits per heavy atom. The van der Waals surface area contributed by atoms with Crippen LogP contribution in [0.1, 0.15) is 28.1 Å². The van der Waals surface area contributed by atoms with Crippen molar-refractivity contribution in [3.05, 3.63) is 52.2 Å². The summed E-state index contributed by atoms with van der Waals surface area (Å²) in [6, 6.07) is 11.3. The van der Waals surface area contributed by atoms with Crippen molar-refractivity contribution in [3.63, 3.8) is 0 Å². The van der Waals surface area contributed by atoms with E-state index < -0.39 is 0 Å². The van der Waals surface area contributed by atoms with Crippen molar-refractivity contribution in [2.75, 3.05) is 26.7 Å². The van der Waals surface area contributed by atoms with Gasteiger partial charge in [-0.15, -0.1) is 11.3 Å². The molecule has 8 heteroatoms. The zero-order chi connectivity index (χ0) is 20.6. The van der Waals surface area contributed by atoms with Crippen molar-refractivity contribution in [1.82, 2.24) is 15.5 Å². The monoisotopic (exact) mass is 415 g/mol. The third-order valence-electron chi connectivity index (χ3n) is 4.43. The number of amides is 3. The summed E-state index contributed by atoms with van der Waals surface area (Å²) in [7, 11) is 1.62. The van der Waals surface area contributed by atoms with E-state index in [1.807, 2.05) is 35.7 Å². The van der Waals surface area contributed by atoms with Crippen LogP contribution in [0.3, 0.4) is 0 Å². The molecule has 0 spiro atoms. The van der Waals surface area contributed by atoms with Crippen LogP contribution in [0.2, 0.25) is 0 Å². The Labute approximate surface area is 174 Å². The number of thiophene rings is 1. The summed E-state index contributed by atoms with van der Waals surface area (Å²) >= 11 is 1.36. The molecule has 1 aliphatic rings. The van der Waals surface area contributed by atoms with Gasteiger partial charge in [0, 0.05) is 19.6 Å². The van der Waals surface area contributed by atoms with Crippen molar-refractivity contribution in [1.29, 1.82) is 0 Å². The molecule has 2 aromatic rings. The number of hydrogen-bond donors (Lipinski definition) is 2. The lowest BCUT2D eigenvalue weighted by Gasteiger charge is -2.16. The van der Waals surface area contributed by atoms with Gasteiger partial charge in [0.05, 0.1) is 11.4 Å². The van der Waals surface area contributed by atoms with Gasteiger partial charge in [0.25, 0.3) is 11.8 Å². The van der Waals surface area contributed by atoms with E-state index in [0.29, 0.717) is 29.6 Å². The Hall–Kier alpha value is -2.87. The molecule has 1 saturated carbocycles. The van der Waals surface area contributed by atoms with E-state index in [2.05, 4.69) is 10.6 Å².